The zero-order valence-electron chi connectivity index (χ0n) is 21.2. The molecule has 0 bridgehead atoms. The van der Waals surface area contributed by atoms with Crippen molar-refractivity contribution >= 4 is 11.6 Å². The molecule has 0 fully saturated rings. The maximum Gasteiger partial charge on any atom is 0.179 e. The number of ether oxygens (including phenoxy) is 2. The summed E-state index contributed by atoms with van der Waals surface area (Å²) >= 11 is 6.53. The fourth-order valence-corrected chi connectivity index (χ4v) is 4.54. The molecule has 2 aromatic carbocycles. The molecule has 1 unspecified atom stereocenters. The molecule has 0 radical (unpaired) electrons. The van der Waals surface area contributed by atoms with Crippen molar-refractivity contribution in [3.63, 3.8) is 0 Å². The molecule has 1 heterocycles. The van der Waals surface area contributed by atoms with E-state index in [2.05, 4.69) is 28.7 Å². The van der Waals surface area contributed by atoms with E-state index in [9.17, 15) is 4.39 Å². The number of halogens is 2. The van der Waals surface area contributed by atoms with Gasteiger partial charge in [0.05, 0.1) is 31.1 Å². The Morgan fingerprint density at radius 1 is 1.14 bits per heavy atom. The van der Waals surface area contributed by atoms with Crippen molar-refractivity contribution < 1.29 is 13.9 Å². The van der Waals surface area contributed by atoms with Crippen LogP contribution < -0.4 is 14.8 Å². The van der Waals surface area contributed by atoms with Gasteiger partial charge in [0, 0.05) is 18.7 Å². The molecule has 0 aliphatic heterocycles. The van der Waals surface area contributed by atoms with Crippen LogP contribution in [0.4, 0.5) is 4.39 Å². The third-order valence-corrected chi connectivity index (χ3v) is 6.76. The summed E-state index contributed by atoms with van der Waals surface area (Å²) < 4.78 is 26.7. The first kappa shape index (κ1) is 27.0. The molecule has 35 heavy (non-hydrogen) atoms. The highest BCUT2D eigenvalue weighted by Gasteiger charge is 2.15. The quantitative estimate of drug-likeness (QED) is 0.244. The van der Waals surface area contributed by atoms with Gasteiger partial charge in [0.15, 0.2) is 11.5 Å². The van der Waals surface area contributed by atoms with E-state index >= 15 is 0 Å². The van der Waals surface area contributed by atoms with E-state index < -0.39 is 0 Å². The summed E-state index contributed by atoms with van der Waals surface area (Å²) in [6.07, 6.45) is 7.04. The largest absolute Gasteiger partial charge is 0.493 e. The van der Waals surface area contributed by atoms with Crippen LogP contribution in [0.2, 0.25) is 5.02 Å². The number of hydrogen-bond acceptors (Lipinski definition) is 4. The van der Waals surface area contributed by atoms with Crippen LogP contribution in [-0.4, -0.2) is 30.3 Å². The number of rotatable bonds is 14. The Morgan fingerprint density at radius 3 is 2.69 bits per heavy atom. The highest BCUT2D eigenvalue weighted by molar-refractivity contribution is 6.33. The van der Waals surface area contributed by atoms with Crippen LogP contribution in [-0.2, 0) is 19.5 Å². The Bertz CT molecular complexity index is 1090. The van der Waals surface area contributed by atoms with E-state index in [1.807, 2.05) is 24.4 Å². The third kappa shape index (κ3) is 7.21. The highest BCUT2D eigenvalue weighted by atomic mass is 35.5. The zero-order chi connectivity index (χ0) is 25.2. The second-order valence-corrected chi connectivity index (χ2v) is 9.35. The second kappa shape index (κ2) is 13.5. The van der Waals surface area contributed by atoms with Gasteiger partial charge in [0.25, 0.3) is 0 Å². The second-order valence-electron chi connectivity index (χ2n) is 8.97. The number of nitrogens with one attached hydrogen (secondary N) is 1. The van der Waals surface area contributed by atoms with Gasteiger partial charge < -0.3 is 19.4 Å². The molecule has 1 N–H and O–H groups in total. The fraction of sp³-hybridized carbons (Fsp3) is 0.464. The van der Waals surface area contributed by atoms with Gasteiger partial charge in [-0.15, -0.1) is 0 Å². The van der Waals surface area contributed by atoms with Gasteiger partial charge in [-0.05, 0) is 61.9 Å². The highest BCUT2D eigenvalue weighted by Crippen LogP contribution is 2.38. The lowest BCUT2D eigenvalue weighted by atomic mass is 9.98. The van der Waals surface area contributed by atoms with Crippen LogP contribution >= 0.6 is 11.6 Å². The van der Waals surface area contributed by atoms with Gasteiger partial charge in [-0.2, -0.15) is 0 Å². The SMILES string of the molecule is CCCCn1c(CNCCC(C)CCc2ccc(OC)c(OC)c2Cl)cnc1-c1cccc(F)c1. The number of aryl methyl sites for hydroxylation is 1. The summed E-state index contributed by atoms with van der Waals surface area (Å²) in [5.74, 6) is 2.38. The van der Waals surface area contributed by atoms with E-state index in [1.165, 1.54) is 6.07 Å². The van der Waals surface area contributed by atoms with Crippen molar-refractivity contribution in [2.75, 3.05) is 20.8 Å². The predicted octanol–water partition coefficient (Wildman–Crippen LogP) is 6.91. The lowest BCUT2D eigenvalue weighted by Crippen LogP contribution is -2.19. The van der Waals surface area contributed by atoms with Gasteiger partial charge in [-0.25, -0.2) is 9.37 Å². The number of unbranched alkanes of at least 4 members (excludes halogenated alkanes) is 1. The summed E-state index contributed by atoms with van der Waals surface area (Å²) in [5, 5.41) is 4.20. The predicted molar refractivity (Wildman–Crippen MR) is 141 cm³/mol. The van der Waals surface area contributed by atoms with Crippen molar-refractivity contribution in [3.05, 3.63) is 64.7 Å². The fourth-order valence-electron chi connectivity index (χ4n) is 4.21. The Labute approximate surface area is 213 Å². The van der Waals surface area contributed by atoms with Crippen LogP contribution in [0, 0.1) is 11.7 Å². The maximum absolute atomic E-state index is 13.8. The van der Waals surface area contributed by atoms with E-state index in [0.717, 1.165) is 74.4 Å². The molecule has 0 spiro atoms. The molecule has 3 aromatic rings. The Morgan fingerprint density at radius 2 is 1.97 bits per heavy atom. The average molecular weight is 502 g/mol. The third-order valence-electron chi connectivity index (χ3n) is 6.35. The molecule has 0 saturated heterocycles. The van der Waals surface area contributed by atoms with E-state index in [1.54, 1.807) is 26.4 Å². The summed E-state index contributed by atoms with van der Waals surface area (Å²) in [5.41, 5.74) is 3.02. The standard InChI is InChI=1S/C28H37ClFN3O2/c1-5-6-16-33-24(19-32-28(33)22-8-7-9-23(30)17-22)18-31-15-14-20(2)10-11-21-12-13-25(34-3)27(35-4)26(21)29/h7-9,12-13,17,19-20,31H,5-6,10-11,14-16,18H2,1-4H3. The Kier molecular flexibility index (Phi) is 10.4. The molecule has 1 aromatic heterocycles. The monoisotopic (exact) mass is 501 g/mol. The van der Waals surface area contributed by atoms with Crippen molar-refractivity contribution in [2.45, 2.75) is 59.0 Å². The first-order valence-electron chi connectivity index (χ1n) is 12.4. The summed E-state index contributed by atoms with van der Waals surface area (Å²) in [6.45, 7) is 6.97. The molecule has 3 rings (SSSR count). The van der Waals surface area contributed by atoms with Crippen LogP contribution in [0.15, 0.2) is 42.6 Å². The normalized spacial score (nSPS) is 12.1. The Balaban J connectivity index is 1.52. The molecule has 0 saturated carbocycles. The molecule has 1 atom stereocenters. The number of aromatic nitrogens is 2. The average Bonchev–Trinajstić information content (AvgIpc) is 3.26. The van der Waals surface area contributed by atoms with Gasteiger partial charge in [-0.1, -0.05) is 50.1 Å². The molecule has 0 amide bonds. The molecular formula is C28H37ClFN3O2. The van der Waals surface area contributed by atoms with Crippen LogP contribution in [0.3, 0.4) is 0 Å². The van der Waals surface area contributed by atoms with E-state index in [-0.39, 0.29) is 5.82 Å². The minimum Gasteiger partial charge on any atom is -0.493 e. The van der Waals surface area contributed by atoms with E-state index in [4.69, 9.17) is 21.1 Å². The zero-order valence-corrected chi connectivity index (χ0v) is 22.0. The van der Waals surface area contributed by atoms with Gasteiger partial charge in [0.2, 0.25) is 0 Å². The minimum atomic E-state index is -0.240. The number of hydrogen-bond donors (Lipinski definition) is 1. The molecule has 5 nitrogen and oxygen atoms in total. The summed E-state index contributed by atoms with van der Waals surface area (Å²) in [4.78, 5) is 4.62. The minimum absolute atomic E-state index is 0.240. The maximum atomic E-state index is 13.8. The van der Waals surface area contributed by atoms with Crippen LogP contribution in [0.5, 0.6) is 11.5 Å². The first-order valence-corrected chi connectivity index (χ1v) is 12.8. The lowest BCUT2D eigenvalue weighted by molar-refractivity contribution is 0.354. The van der Waals surface area contributed by atoms with Crippen LogP contribution in [0.25, 0.3) is 11.4 Å². The van der Waals surface area contributed by atoms with Gasteiger partial charge in [-0.3, -0.25) is 0 Å². The molecule has 0 aliphatic rings. The van der Waals surface area contributed by atoms with Gasteiger partial charge >= 0.3 is 0 Å². The van der Waals surface area contributed by atoms with Crippen molar-refractivity contribution in [2.24, 2.45) is 5.92 Å². The van der Waals surface area contributed by atoms with Crippen LogP contribution in [0.1, 0.15) is 50.8 Å². The van der Waals surface area contributed by atoms with Gasteiger partial charge in [0.1, 0.15) is 11.6 Å². The Hall–Kier alpha value is -2.57. The molecule has 0 aliphatic carbocycles. The lowest BCUT2D eigenvalue weighted by Gasteiger charge is -2.16. The van der Waals surface area contributed by atoms with Crippen molar-refractivity contribution in [1.82, 2.24) is 14.9 Å². The smallest absolute Gasteiger partial charge is 0.179 e. The van der Waals surface area contributed by atoms with E-state index in [0.29, 0.717) is 22.4 Å². The number of benzene rings is 2. The van der Waals surface area contributed by atoms with Crippen molar-refractivity contribution in [3.8, 4) is 22.9 Å². The summed E-state index contributed by atoms with van der Waals surface area (Å²) in [6, 6.07) is 10.6. The number of nitrogens with zero attached hydrogens (tertiary/aromatic N) is 2. The number of methoxy groups -OCH3 is 2. The molecular weight excluding hydrogens is 465 g/mol. The topological polar surface area (TPSA) is 48.3 Å². The van der Waals surface area contributed by atoms with Crippen molar-refractivity contribution in [1.29, 1.82) is 0 Å². The first-order chi connectivity index (χ1) is 17.0. The number of imidazole rings is 1. The molecule has 190 valence electrons. The molecule has 7 heteroatoms. The summed E-state index contributed by atoms with van der Waals surface area (Å²) in [7, 11) is 3.22.